The topological polar surface area (TPSA) is 85.8 Å². The molecule has 0 saturated carbocycles. The Kier molecular flexibility index (Phi) is 11.2. The van der Waals surface area contributed by atoms with Gasteiger partial charge in [0.25, 0.3) is 0 Å². The van der Waals surface area contributed by atoms with Gasteiger partial charge >= 0.3 is 0 Å². The van der Waals surface area contributed by atoms with Crippen LogP contribution in [0.15, 0.2) is 97.3 Å². The molecule has 48 heavy (non-hydrogen) atoms. The number of ether oxygens (including phenoxy) is 3. The largest absolute Gasteiger partial charge is 0.493 e. The van der Waals surface area contributed by atoms with Crippen molar-refractivity contribution in [3.8, 4) is 34.4 Å². The van der Waals surface area contributed by atoms with Crippen molar-refractivity contribution < 1.29 is 19.0 Å². The van der Waals surface area contributed by atoms with Crippen molar-refractivity contribution in [1.29, 1.82) is 0 Å². The quantitative estimate of drug-likeness (QED) is 0.106. The van der Waals surface area contributed by atoms with E-state index in [2.05, 4.69) is 102 Å². The van der Waals surface area contributed by atoms with Crippen molar-refractivity contribution >= 4 is 62.9 Å². The number of halogens is 2. The molecule has 1 aliphatic rings. The number of carbonyl (C=O) groups is 1. The minimum absolute atomic E-state index is 0.209. The summed E-state index contributed by atoms with van der Waals surface area (Å²) in [7, 11) is 3.35. The lowest BCUT2D eigenvalue weighted by Crippen LogP contribution is -2.32. The van der Waals surface area contributed by atoms with E-state index < -0.39 is 0 Å². The minimum Gasteiger partial charge on any atom is -0.493 e. The van der Waals surface area contributed by atoms with Gasteiger partial charge in [0.15, 0.2) is 17.2 Å². The van der Waals surface area contributed by atoms with Gasteiger partial charge in [0, 0.05) is 55.4 Å². The number of methoxy groups -OCH3 is 2. The Morgan fingerprint density at radius 2 is 1.67 bits per heavy atom. The molecular formula is C38H34I2N4O4. The number of nitrogens with one attached hydrogen (secondary N) is 1. The Morgan fingerprint density at radius 3 is 2.33 bits per heavy atom. The Morgan fingerprint density at radius 1 is 0.917 bits per heavy atom. The van der Waals surface area contributed by atoms with Crippen molar-refractivity contribution in [2.24, 2.45) is 0 Å². The summed E-state index contributed by atoms with van der Waals surface area (Å²) in [6.07, 6.45) is 8.63. The lowest BCUT2D eigenvalue weighted by molar-refractivity contribution is -0.111. The predicted octanol–water partition coefficient (Wildman–Crippen LogP) is 8.42. The maximum absolute atomic E-state index is 12.6. The molecule has 1 N–H and O–H groups in total. The van der Waals surface area contributed by atoms with E-state index >= 15 is 0 Å². The van der Waals surface area contributed by atoms with E-state index in [-0.39, 0.29) is 5.91 Å². The molecule has 1 amide bonds. The smallest absolute Gasteiger partial charge is 0.248 e. The molecule has 0 unspecified atom stereocenters. The molecular weight excluding hydrogens is 830 g/mol. The zero-order chi connectivity index (χ0) is 33.5. The molecule has 1 aliphatic heterocycles. The van der Waals surface area contributed by atoms with E-state index in [9.17, 15) is 4.79 Å². The van der Waals surface area contributed by atoms with E-state index in [0.29, 0.717) is 5.88 Å². The molecule has 0 aliphatic carbocycles. The lowest BCUT2D eigenvalue weighted by Gasteiger charge is -2.29. The number of aromatic nitrogens is 2. The number of hydrogen-bond acceptors (Lipinski definition) is 7. The first-order valence-corrected chi connectivity index (χ1v) is 17.6. The van der Waals surface area contributed by atoms with Gasteiger partial charge in [-0.2, -0.15) is 0 Å². The number of nitrogens with zero attached hydrogens (tertiary/aromatic N) is 3. The monoisotopic (exact) mass is 864 g/mol. The third kappa shape index (κ3) is 8.52. The minimum atomic E-state index is -0.209. The number of amides is 1. The van der Waals surface area contributed by atoms with Crippen molar-refractivity contribution in [1.82, 2.24) is 14.9 Å². The van der Waals surface area contributed by atoms with Crippen LogP contribution in [-0.2, 0) is 24.2 Å². The van der Waals surface area contributed by atoms with Crippen LogP contribution in [0.3, 0.4) is 0 Å². The van der Waals surface area contributed by atoms with Crippen LogP contribution in [0.2, 0.25) is 0 Å². The molecule has 244 valence electrons. The van der Waals surface area contributed by atoms with Gasteiger partial charge in [0.2, 0.25) is 11.8 Å². The first-order valence-electron chi connectivity index (χ1n) is 15.5. The average Bonchev–Trinajstić information content (AvgIpc) is 3.12. The van der Waals surface area contributed by atoms with Gasteiger partial charge in [0.1, 0.15) is 0 Å². The number of fused-ring (bicyclic) bond motifs is 1. The van der Waals surface area contributed by atoms with Crippen molar-refractivity contribution in [2.75, 3.05) is 32.6 Å². The summed E-state index contributed by atoms with van der Waals surface area (Å²) in [5, 5.41) is 2.94. The van der Waals surface area contributed by atoms with Crippen LogP contribution < -0.4 is 19.5 Å². The van der Waals surface area contributed by atoms with E-state index in [0.717, 1.165) is 79.4 Å². The predicted molar refractivity (Wildman–Crippen MR) is 206 cm³/mol. The third-order valence-electron chi connectivity index (χ3n) is 8.09. The van der Waals surface area contributed by atoms with E-state index in [1.54, 1.807) is 38.8 Å². The molecule has 10 heteroatoms. The molecule has 0 fully saturated rings. The molecule has 0 radical (unpaired) electrons. The second kappa shape index (κ2) is 15.9. The molecule has 8 nitrogen and oxygen atoms in total. The Bertz CT molecular complexity index is 1890. The number of anilines is 1. The Hall–Kier alpha value is -4.01. The molecule has 0 spiro atoms. The fraction of sp³-hybridized carbons (Fsp3) is 0.184. The summed E-state index contributed by atoms with van der Waals surface area (Å²) < 4.78 is 19.0. The maximum atomic E-state index is 12.6. The van der Waals surface area contributed by atoms with Gasteiger partial charge in [-0.25, -0.2) is 4.98 Å². The Balaban J connectivity index is 0.980. The highest BCUT2D eigenvalue weighted by atomic mass is 127. The number of carbonyl (C=O) groups excluding carboxylic acids is 1. The molecule has 0 bridgehead atoms. The summed E-state index contributed by atoms with van der Waals surface area (Å²) in [4.78, 5) is 24.0. The van der Waals surface area contributed by atoms with Gasteiger partial charge in [-0.05, 0) is 141 Å². The van der Waals surface area contributed by atoms with Crippen LogP contribution in [0.25, 0.3) is 17.3 Å². The lowest BCUT2D eigenvalue weighted by atomic mass is 9.98. The summed E-state index contributed by atoms with van der Waals surface area (Å²) in [6.45, 7) is 2.85. The fourth-order valence-electron chi connectivity index (χ4n) is 5.52. The van der Waals surface area contributed by atoms with Crippen molar-refractivity contribution in [2.45, 2.75) is 19.4 Å². The zero-order valence-corrected chi connectivity index (χ0v) is 30.9. The van der Waals surface area contributed by atoms with Gasteiger partial charge < -0.3 is 19.5 Å². The molecule has 0 saturated heterocycles. The SMILES string of the molecule is COc1cc2c(cc1OC)CN(CCc1ccc(NC(=O)/C=C/c3ccc(Oc4c(I)cc(-c5ccccn5)cc4I)nc3)cc1)CC2. The highest BCUT2D eigenvalue weighted by molar-refractivity contribution is 14.1. The van der Waals surface area contributed by atoms with Gasteiger partial charge in [0.05, 0.1) is 27.1 Å². The summed E-state index contributed by atoms with van der Waals surface area (Å²) in [5.41, 5.74) is 7.32. The maximum Gasteiger partial charge on any atom is 0.248 e. The number of hydrogen-bond donors (Lipinski definition) is 1. The standard InChI is InChI=1S/C38H34I2N4O4/c1-46-34-21-27-15-18-44(24-29(27)22-35(34)47-2)17-14-25-6-10-30(11-7-25)43-36(45)12-8-26-9-13-37(42-23-26)48-38-31(39)19-28(20-32(38)40)33-5-3-4-16-41-33/h3-13,16,19-23H,14-15,17-18,24H2,1-2H3,(H,43,45)/b12-8+. The summed E-state index contributed by atoms with van der Waals surface area (Å²) in [6, 6.07) is 25.9. The number of pyridine rings is 2. The first kappa shape index (κ1) is 33.9. The molecule has 6 rings (SSSR count). The molecule has 3 aromatic carbocycles. The molecule has 5 aromatic rings. The van der Waals surface area contributed by atoms with Gasteiger partial charge in [-0.15, -0.1) is 0 Å². The second-order valence-corrected chi connectivity index (χ2v) is 13.6. The fourth-order valence-corrected chi connectivity index (χ4v) is 7.51. The van der Waals surface area contributed by atoms with Crippen molar-refractivity contribution in [3.05, 3.63) is 127 Å². The van der Waals surface area contributed by atoms with Crippen LogP contribution in [-0.4, -0.2) is 48.1 Å². The van der Waals surface area contributed by atoms with Gasteiger partial charge in [-0.3, -0.25) is 14.7 Å². The zero-order valence-electron chi connectivity index (χ0n) is 26.6. The van der Waals surface area contributed by atoms with Crippen LogP contribution in [0, 0.1) is 7.14 Å². The highest BCUT2D eigenvalue weighted by Gasteiger charge is 2.19. The van der Waals surface area contributed by atoms with Crippen LogP contribution in [0.1, 0.15) is 22.3 Å². The van der Waals surface area contributed by atoms with Crippen LogP contribution >= 0.6 is 45.2 Å². The van der Waals surface area contributed by atoms with Crippen LogP contribution in [0.5, 0.6) is 23.1 Å². The Labute approximate surface area is 307 Å². The summed E-state index contributed by atoms with van der Waals surface area (Å²) >= 11 is 4.54. The molecule has 2 aromatic heterocycles. The normalized spacial score (nSPS) is 12.8. The first-order chi connectivity index (χ1) is 23.4. The van der Waals surface area contributed by atoms with E-state index in [1.165, 1.54) is 22.8 Å². The third-order valence-corrected chi connectivity index (χ3v) is 9.69. The second-order valence-electron chi connectivity index (χ2n) is 11.3. The highest BCUT2D eigenvalue weighted by Crippen LogP contribution is 2.35. The molecule has 0 atom stereocenters. The van der Waals surface area contributed by atoms with Gasteiger partial charge in [-0.1, -0.05) is 18.2 Å². The molecule has 3 heterocycles. The summed E-state index contributed by atoms with van der Waals surface area (Å²) in [5.74, 6) is 2.57. The van der Waals surface area contributed by atoms with Crippen molar-refractivity contribution in [3.63, 3.8) is 0 Å². The number of rotatable bonds is 11. The number of benzene rings is 3. The average molecular weight is 865 g/mol. The van der Waals surface area contributed by atoms with Crippen LogP contribution in [0.4, 0.5) is 5.69 Å². The van der Waals surface area contributed by atoms with E-state index in [1.807, 2.05) is 36.4 Å². The van der Waals surface area contributed by atoms with E-state index in [4.69, 9.17) is 14.2 Å².